The molecule has 112 valence electrons. The van der Waals surface area contributed by atoms with Crippen LogP contribution in [0, 0.1) is 0 Å². The first-order valence-corrected chi connectivity index (χ1v) is 9.03. The summed E-state index contributed by atoms with van der Waals surface area (Å²) >= 11 is 0. The van der Waals surface area contributed by atoms with Gasteiger partial charge in [-0.25, -0.2) is 13.1 Å². The molecule has 0 amide bonds. The molecule has 1 N–H and O–H groups in total. The minimum Gasteiger partial charge on any atom is -0.297 e. The predicted molar refractivity (Wildman–Crippen MR) is 82.4 cm³/mol. The SMILES string of the molecule is CC(C)c1ccc2c(c1)CCN(CCNS(C)(=O)=O)C2. The van der Waals surface area contributed by atoms with Crippen molar-refractivity contribution in [2.45, 2.75) is 32.7 Å². The summed E-state index contributed by atoms with van der Waals surface area (Å²) in [4.78, 5) is 2.30. The van der Waals surface area contributed by atoms with E-state index < -0.39 is 10.0 Å². The summed E-state index contributed by atoms with van der Waals surface area (Å²) in [6.07, 6.45) is 2.25. The molecule has 0 saturated heterocycles. The van der Waals surface area contributed by atoms with Gasteiger partial charge in [0, 0.05) is 26.2 Å². The summed E-state index contributed by atoms with van der Waals surface area (Å²) in [5.74, 6) is 0.567. The Morgan fingerprint density at radius 1 is 1.30 bits per heavy atom. The second kappa shape index (κ2) is 6.24. The third kappa shape index (κ3) is 4.30. The van der Waals surface area contributed by atoms with Gasteiger partial charge in [0.2, 0.25) is 10.0 Å². The van der Waals surface area contributed by atoms with Gasteiger partial charge in [-0.3, -0.25) is 4.90 Å². The molecule has 1 aliphatic heterocycles. The molecular weight excluding hydrogens is 272 g/mol. The second-order valence-corrected chi connectivity index (χ2v) is 7.71. The van der Waals surface area contributed by atoms with Crippen LogP contribution in [0.5, 0.6) is 0 Å². The highest BCUT2D eigenvalue weighted by Gasteiger charge is 2.17. The van der Waals surface area contributed by atoms with Crippen LogP contribution in [0.25, 0.3) is 0 Å². The number of sulfonamides is 1. The minimum atomic E-state index is -3.08. The molecule has 1 aromatic rings. The van der Waals surface area contributed by atoms with Crippen molar-refractivity contribution in [2.24, 2.45) is 0 Å². The molecule has 4 nitrogen and oxygen atoms in total. The molecule has 0 unspecified atom stereocenters. The number of nitrogens with zero attached hydrogens (tertiary/aromatic N) is 1. The Labute approximate surface area is 122 Å². The third-order valence-corrected chi connectivity index (χ3v) is 4.51. The van der Waals surface area contributed by atoms with Crippen molar-refractivity contribution in [3.8, 4) is 0 Å². The number of fused-ring (bicyclic) bond motifs is 1. The van der Waals surface area contributed by atoms with Crippen LogP contribution >= 0.6 is 0 Å². The lowest BCUT2D eigenvalue weighted by Gasteiger charge is -2.29. The van der Waals surface area contributed by atoms with Crippen molar-refractivity contribution in [3.63, 3.8) is 0 Å². The van der Waals surface area contributed by atoms with Crippen LogP contribution in [0.2, 0.25) is 0 Å². The van der Waals surface area contributed by atoms with E-state index in [1.165, 1.54) is 22.9 Å². The van der Waals surface area contributed by atoms with Gasteiger partial charge in [-0.1, -0.05) is 32.0 Å². The minimum absolute atomic E-state index is 0.484. The van der Waals surface area contributed by atoms with Crippen molar-refractivity contribution in [2.75, 3.05) is 25.9 Å². The van der Waals surface area contributed by atoms with Crippen molar-refractivity contribution < 1.29 is 8.42 Å². The van der Waals surface area contributed by atoms with Gasteiger partial charge in [-0.15, -0.1) is 0 Å². The highest BCUT2D eigenvalue weighted by molar-refractivity contribution is 7.88. The number of nitrogens with one attached hydrogen (secondary N) is 1. The van der Waals surface area contributed by atoms with E-state index in [-0.39, 0.29) is 0 Å². The molecule has 1 heterocycles. The Balaban J connectivity index is 1.94. The fraction of sp³-hybridized carbons (Fsp3) is 0.600. The fourth-order valence-corrected chi connectivity index (χ4v) is 3.03. The van der Waals surface area contributed by atoms with Gasteiger partial charge in [-0.2, -0.15) is 0 Å². The Morgan fingerprint density at radius 2 is 2.05 bits per heavy atom. The summed E-state index contributed by atoms with van der Waals surface area (Å²) < 4.78 is 24.6. The highest BCUT2D eigenvalue weighted by atomic mass is 32.2. The zero-order valence-corrected chi connectivity index (χ0v) is 13.3. The smallest absolute Gasteiger partial charge is 0.208 e. The highest BCUT2D eigenvalue weighted by Crippen LogP contribution is 2.23. The Kier molecular flexibility index (Phi) is 4.83. The monoisotopic (exact) mass is 296 g/mol. The first-order valence-electron chi connectivity index (χ1n) is 7.14. The van der Waals surface area contributed by atoms with E-state index in [0.29, 0.717) is 12.5 Å². The van der Waals surface area contributed by atoms with Gasteiger partial charge < -0.3 is 0 Å². The van der Waals surface area contributed by atoms with E-state index in [0.717, 1.165) is 26.1 Å². The summed E-state index contributed by atoms with van der Waals surface area (Å²) in [7, 11) is -3.08. The van der Waals surface area contributed by atoms with Gasteiger partial charge in [0.15, 0.2) is 0 Å². The Morgan fingerprint density at radius 3 is 2.70 bits per heavy atom. The van der Waals surface area contributed by atoms with Crippen LogP contribution in [0.3, 0.4) is 0 Å². The zero-order chi connectivity index (χ0) is 14.8. The van der Waals surface area contributed by atoms with Gasteiger partial charge in [0.05, 0.1) is 6.26 Å². The maximum absolute atomic E-state index is 11.0. The number of hydrogen-bond donors (Lipinski definition) is 1. The van der Waals surface area contributed by atoms with Gasteiger partial charge in [0.1, 0.15) is 0 Å². The maximum atomic E-state index is 11.0. The average Bonchev–Trinajstić information content (AvgIpc) is 2.36. The van der Waals surface area contributed by atoms with E-state index in [1.54, 1.807) is 0 Å². The molecule has 0 spiro atoms. The van der Waals surface area contributed by atoms with E-state index in [4.69, 9.17) is 0 Å². The molecule has 0 aromatic heterocycles. The lowest BCUT2D eigenvalue weighted by atomic mass is 9.93. The molecule has 2 rings (SSSR count). The Bertz CT molecular complexity index is 567. The maximum Gasteiger partial charge on any atom is 0.208 e. The summed E-state index contributed by atoms with van der Waals surface area (Å²) in [5, 5.41) is 0. The summed E-state index contributed by atoms with van der Waals surface area (Å²) in [6.45, 7) is 7.59. The van der Waals surface area contributed by atoms with E-state index in [2.05, 4.69) is 41.7 Å². The molecule has 0 fully saturated rings. The number of rotatable bonds is 5. The van der Waals surface area contributed by atoms with Gasteiger partial charge in [0.25, 0.3) is 0 Å². The van der Waals surface area contributed by atoms with Gasteiger partial charge in [-0.05, 0) is 29.0 Å². The molecule has 1 aliphatic rings. The van der Waals surface area contributed by atoms with Crippen LogP contribution in [-0.4, -0.2) is 39.2 Å². The van der Waals surface area contributed by atoms with Crippen LogP contribution in [0.1, 0.15) is 36.5 Å². The molecule has 0 radical (unpaired) electrons. The molecule has 5 heteroatoms. The van der Waals surface area contributed by atoms with Crippen LogP contribution in [0.4, 0.5) is 0 Å². The predicted octanol–water partition coefficient (Wildman–Crippen LogP) is 1.72. The lowest BCUT2D eigenvalue weighted by molar-refractivity contribution is 0.258. The molecule has 0 saturated carbocycles. The van der Waals surface area contributed by atoms with Gasteiger partial charge >= 0.3 is 0 Å². The molecular formula is C15H24N2O2S. The quantitative estimate of drug-likeness (QED) is 0.900. The van der Waals surface area contributed by atoms with Crippen molar-refractivity contribution >= 4 is 10.0 Å². The standard InChI is InChI=1S/C15H24N2O2S/c1-12(2)13-4-5-15-11-17(8-6-14(15)10-13)9-7-16-20(3,18)19/h4-5,10,12,16H,6-9,11H2,1-3H3. The number of hydrogen-bond acceptors (Lipinski definition) is 3. The fourth-order valence-electron chi connectivity index (χ4n) is 2.57. The second-order valence-electron chi connectivity index (χ2n) is 5.88. The molecule has 0 atom stereocenters. The van der Waals surface area contributed by atoms with Crippen LogP contribution in [-0.2, 0) is 23.0 Å². The molecule has 1 aromatic carbocycles. The van der Waals surface area contributed by atoms with E-state index in [1.807, 2.05) is 0 Å². The zero-order valence-electron chi connectivity index (χ0n) is 12.5. The summed E-state index contributed by atoms with van der Waals surface area (Å²) in [5.41, 5.74) is 4.22. The van der Waals surface area contributed by atoms with Crippen LogP contribution < -0.4 is 4.72 Å². The molecule has 20 heavy (non-hydrogen) atoms. The largest absolute Gasteiger partial charge is 0.297 e. The van der Waals surface area contributed by atoms with E-state index >= 15 is 0 Å². The molecule has 0 aliphatic carbocycles. The average molecular weight is 296 g/mol. The third-order valence-electron chi connectivity index (χ3n) is 3.78. The summed E-state index contributed by atoms with van der Waals surface area (Å²) in [6, 6.07) is 6.76. The molecule has 0 bridgehead atoms. The van der Waals surface area contributed by atoms with Crippen molar-refractivity contribution in [3.05, 3.63) is 34.9 Å². The lowest BCUT2D eigenvalue weighted by Crippen LogP contribution is -2.37. The first-order chi connectivity index (χ1) is 9.35. The number of benzene rings is 1. The van der Waals surface area contributed by atoms with E-state index in [9.17, 15) is 8.42 Å². The van der Waals surface area contributed by atoms with Crippen molar-refractivity contribution in [1.82, 2.24) is 9.62 Å². The van der Waals surface area contributed by atoms with Crippen LogP contribution in [0.15, 0.2) is 18.2 Å². The topological polar surface area (TPSA) is 49.4 Å². The normalized spacial score (nSPS) is 16.4. The van der Waals surface area contributed by atoms with Crippen molar-refractivity contribution in [1.29, 1.82) is 0 Å². The first kappa shape index (κ1) is 15.5. The Hall–Kier alpha value is -0.910.